The number of benzene rings is 18. The molecule has 576 valence electrons. The summed E-state index contributed by atoms with van der Waals surface area (Å²) in [6.45, 7) is 0. The maximum atomic E-state index is 2.44. The van der Waals surface area contributed by atoms with Crippen LogP contribution in [0.2, 0.25) is 0 Å². The van der Waals surface area contributed by atoms with Gasteiger partial charge < -0.3 is 13.7 Å². The zero-order valence-electron chi connectivity index (χ0n) is 66.1. The van der Waals surface area contributed by atoms with E-state index in [0.29, 0.717) is 0 Å². The number of aromatic nitrogens is 3. The monoisotopic (exact) mass is 1670 g/mol. The molecule has 9 heterocycles. The van der Waals surface area contributed by atoms with Crippen molar-refractivity contribution in [3.05, 3.63) is 419 Å². The van der Waals surface area contributed by atoms with Crippen LogP contribution in [0, 0.1) is 0 Å². The summed E-state index contributed by atoms with van der Waals surface area (Å²) in [4.78, 5) is 0. The SMILES string of the molecule is c1ccc(-n2c3ccccc3c3sc4c(-c5cccc(-c6ccc7c(c6)sc6ccccc67)c5)cccc4c32)cc1.c1ccc(-n2c3ccccc3c3sc4c(-c5cccc(-c6ccc7sc8ccccc8c7c6)c5)cccc4c32)cc1.c1ccc(-n2c3ccccc3c3sc4c(-c5cccc(-c6cccc7c6sc6ccccc67)c5)cccc4c32)cc1. The molecule has 123 heavy (non-hydrogen) atoms. The van der Waals surface area contributed by atoms with E-state index >= 15 is 0 Å². The van der Waals surface area contributed by atoms with Crippen LogP contribution < -0.4 is 0 Å². The minimum atomic E-state index is 1.20. The number of para-hydroxylation sites is 6. The third-order valence-corrected chi connectivity index (χ3v) is 31.9. The van der Waals surface area contributed by atoms with Gasteiger partial charge in [0.2, 0.25) is 0 Å². The summed E-state index contributed by atoms with van der Waals surface area (Å²) < 4.78 is 23.4. The number of thiophene rings is 6. The second kappa shape index (κ2) is 29.4. The Balaban J connectivity index is 0.000000101. The molecule has 0 spiro atoms. The Morgan fingerprint density at radius 3 is 0.846 bits per heavy atom. The van der Waals surface area contributed by atoms with Crippen molar-refractivity contribution >= 4 is 222 Å². The fourth-order valence-corrected chi connectivity index (χ4v) is 26.6. The molecule has 0 bridgehead atoms. The molecule has 0 unspecified atom stereocenters. The molecule has 27 rings (SSSR count). The van der Waals surface area contributed by atoms with E-state index in [-0.39, 0.29) is 0 Å². The van der Waals surface area contributed by atoms with Crippen molar-refractivity contribution in [3.8, 4) is 83.8 Å². The lowest BCUT2D eigenvalue weighted by atomic mass is 9.97. The second-order valence-electron chi connectivity index (χ2n) is 31.6. The van der Waals surface area contributed by atoms with E-state index in [0.717, 1.165) is 0 Å². The molecular formula is C114H69N3S6. The van der Waals surface area contributed by atoms with Gasteiger partial charge in [0, 0.05) is 124 Å². The quantitative estimate of drug-likeness (QED) is 0.137. The Morgan fingerprint density at radius 2 is 0.415 bits per heavy atom. The van der Waals surface area contributed by atoms with E-state index < -0.39 is 0 Å². The molecule has 9 aromatic heterocycles. The lowest BCUT2D eigenvalue weighted by molar-refractivity contribution is 1.19. The van der Waals surface area contributed by atoms with Gasteiger partial charge in [-0.15, -0.1) is 68.0 Å². The Hall–Kier alpha value is -14.1. The molecule has 0 radical (unpaired) electrons. The Labute approximate surface area is 731 Å². The highest BCUT2D eigenvalue weighted by Crippen LogP contribution is 2.52. The molecule has 0 fully saturated rings. The number of fused-ring (bicyclic) bond motifs is 24. The van der Waals surface area contributed by atoms with E-state index in [1.54, 1.807) is 0 Å². The van der Waals surface area contributed by atoms with E-state index in [1.807, 2.05) is 68.0 Å². The van der Waals surface area contributed by atoms with Gasteiger partial charge in [-0.05, 0) is 176 Å². The van der Waals surface area contributed by atoms with Crippen LogP contribution in [0.3, 0.4) is 0 Å². The van der Waals surface area contributed by atoms with E-state index in [9.17, 15) is 0 Å². The van der Waals surface area contributed by atoms with Crippen molar-refractivity contribution in [3.63, 3.8) is 0 Å². The lowest BCUT2D eigenvalue weighted by Crippen LogP contribution is -1.92. The summed E-state index contributed by atoms with van der Waals surface area (Å²) in [5, 5.41) is 15.9. The molecule has 3 nitrogen and oxygen atoms in total. The number of nitrogens with zero attached hydrogens (tertiary/aromatic N) is 3. The van der Waals surface area contributed by atoms with Gasteiger partial charge in [0.05, 0.1) is 47.2 Å². The zero-order valence-corrected chi connectivity index (χ0v) is 71.0. The van der Waals surface area contributed by atoms with Crippen LogP contribution in [0.5, 0.6) is 0 Å². The van der Waals surface area contributed by atoms with Gasteiger partial charge in [-0.25, -0.2) is 0 Å². The smallest absolute Gasteiger partial charge is 0.0727 e. The van der Waals surface area contributed by atoms with E-state index in [4.69, 9.17) is 0 Å². The van der Waals surface area contributed by atoms with Crippen molar-refractivity contribution in [2.24, 2.45) is 0 Å². The lowest BCUT2D eigenvalue weighted by Gasteiger charge is -2.10. The number of hydrogen-bond acceptors (Lipinski definition) is 6. The van der Waals surface area contributed by atoms with Crippen molar-refractivity contribution in [1.82, 2.24) is 13.7 Å². The molecule has 0 saturated heterocycles. The summed E-state index contributed by atoms with van der Waals surface area (Å²) in [5.41, 5.74) is 26.5. The van der Waals surface area contributed by atoms with Gasteiger partial charge in [-0.1, -0.05) is 309 Å². The topological polar surface area (TPSA) is 14.8 Å². The summed E-state index contributed by atoms with van der Waals surface area (Å²) in [6.07, 6.45) is 0. The molecule has 0 aliphatic rings. The fourth-order valence-electron chi connectivity index (χ4n) is 19.1. The maximum Gasteiger partial charge on any atom is 0.0727 e. The molecule has 18 aromatic carbocycles. The summed E-state index contributed by atoms with van der Waals surface area (Å²) in [6, 6.07) is 153. The van der Waals surface area contributed by atoms with Crippen LogP contribution in [0.15, 0.2) is 419 Å². The van der Waals surface area contributed by atoms with Gasteiger partial charge in [0.15, 0.2) is 0 Å². The molecule has 0 N–H and O–H groups in total. The average molecular weight is 1670 g/mol. The molecule has 27 aromatic rings. The normalized spacial score (nSPS) is 11.9. The Kier molecular flexibility index (Phi) is 17.1. The number of hydrogen-bond donors (Lipinski definition) is 0. The third kappa shape index (κ3) is 11.8. The summed E-state index contributed by atoms with van der Waals surface area (Å²) in [5.74, 6) is 0. The van der Waals surface area contributed by atoms with Crippen LogP contribution in [-0.4, -0.2) is 13.7 Å². The van der Waals surface area contributed by atoms with Gasteiger partial charge >= 0.3 is 0 Å². The summed E-state index contributed by atoms with van der Waals surface area (Å²) >= 11 is 11.4. The first-order valence-corrected chi connectivity index (χ1v) is 46.5. The molecule has 0 aliphatic carbocycles. The standard InChI is InChI=1S/3C38H23NS2/c1-2-13-26(14-3-1)39-33-21-6-4-16-31(33)38-35(39)32-20-10-18-28(37(32)41-38)25-12-8-11-24(23-25)27-17-9-19-30-29-15-5-7-22-34(29)40-36(27)30;1-2-12-27(13-3-1)39-33-18-6-4-15-31(33)38-36(39)32-17-9-16-28(37(32)41-38)26-11-8-10-24(22-26)25-20-21-30-29-14-5-7-19-34(29)40-35(30)23-25;1-2-12-27(13-3-1)39-33-18-6-4-15-30(33)38-36(39)31-17-9-16-28(37(31)41-38)26-11-8-10-24(22-26)25-20-21-35-32(23-25)29-14-5-7-19-34(29)40-35/h3*1-23H. The highest BCUT2D eigenvalue weighted by atomic mass is 32.1. The zero-order chi connectivity index (χ0) is 80.7. The molecular weight excluding hydrogens is 1600 g/mol. The predicted molar refractivity (Wildman–Crippen MR) is 540 cm³/mol. The first-order valence-electron chi connectivity index (χ1n) is 41.6. The van der Waals surface area contributed by atoms with Crippen LogP contribution in [0.1, 0.15) is 0 Å². The van der Waals surface area contributed by atoms with Crippen molar-refractivity contribution < 1.29 is 0 Å². The van der Waals surface area contributed by atoms with Crippen molar-refractivity contribution in [2.45, 2.75) is 0 Å². The van der Waals surface area contributed by atoms with E-state index in [2.05, 4.69) is 432 Å². The maximum absolute atomic E-state index is 2.44. The largest absolute Gasteiger partial charge is 0.308 e. The molecule has 0 aliphatic heterocycles. The Bertz CT molecular complexity index is 8890. The van der Waals surface area contributed by atoms with Gasteiger partial charge in [0.25, 0.3) is 0 Å². The minimum absolute atomic E-state index is 1.20. The first-order chi connectivity index (χ1) is 61.0. The molecule has 9 heteroatoms. The van der Waals surface area contributed by atoms with Gasteiger partial charge in [0.1, 0.15) is 0 Å². The molecule has 0 saturated carbocycles. The highest BCUT2D eigenvalue weighted by Gasteiger charge is 2.25. The molecule has 0 amide bonds. The van der Waals surface area contributed by atoms with Crippen LogP contribution >= 0.6 is 68.0 Å². The van der Waals surface area contributed by atoms with Crippen LogP contribution in [0.25, 0.3) is 238 Å². The third-order valence-electron chi connectivity index (χ3n) is 24.6. The van der Waals surface area contributed by atoms with Gasteiger partial charge in [-0.2, -0.15) is 0 Å². The highest BCUT2D eigenvalue weighted by molar-refractivity contribution is 7.29. The van der Waals surface area contributed by atoms with Crippen molar-refractivity contribution in [1.29, 1.82) is 0 Å². The van der Waals surface area contributed by atoms with Gasteiger partial charge in [-0.3, -0.25) is 0 Å². The predicted octanol–water partition coefficient (Wildman–Crippen LogP) is 35.1. The second-order valence-corrected chi connectivity index (χ2v) is 37.9. The minimum Gasteiger partial charge on any atom is -0.308 e. The summed E-state index contributed by atoms with van der Waals surface area (Å²) in [7, 11) is 0. The first kappa shape index (κ1) is 71.8. The number of rotatable bonds is 9. The van der Waals surface area contributed by atoms with E-state index in [1.165, 1.54) is 238 Å². The van der Waals surface area contributed by atoms with Crippen LogP contribution in [0.4, 0.5) is 0 Å². The molecule has 0 atom stereocenters. The van der Waals surface area contributed by atoms with Crippen molar-refractivity contribution in [2.75, 3.05) is 0 Å². The Morgan fingerprint density at radius 1 is 0.138 bits per heavy atom. The van der Waals surface area contributed by atoms with Crippen LogP contribution in [-0.2, 0) is 0 Å². The fraction of sp³-hybridized carbons (Fsp3) is 0. The average Bonchev–Trinajstić information content (AvgIpc) is 1.57.